The van der Waals surface area contributed by atoms with Crippen LogP contribution in [-0.2, 0) is 19.1 Å². The molecular formula is C21H18ClNO6. The first-order valence-corrected chi connectivity index (χ1v) is 9.14. The Labute approximate surface area is 172 Å². The van der Waals surface area contributed by atoms with E-state index in [1.165, 1.54) is 13.2 Å². The number of hydrogen-bond acceptors (Lipinski definition) is 7. The highest BCUT2D eigenvalue weighted by Gasteiger charge is 2.26. The minimum Gasteiger partial charge on any atom is -0.493 e. The van der Waals surface area contributed by atoms with Crippen LogP contribution in [0, 0.1) is 0 Å². The lowest BCUT2D eigenvalue weighted by Gasteiger charge is -2.12. The molecule has 0 fully saturated rings. The van der Waals surface area contributed by atoms with Crippen LogP contribution in [-0.4, -0.2) is 38.2 Å². The Morgan fingerprint density at radius 2 is 2.00 bits per heavy atom. The van der Waals surface area contributed by atoms with Gasteiger partial charge in [0, 0.05) is 5.56 Å². The number of carbonyl (C=O) groups is 2. The molecule has 0 aromatic heterocycles. The second-order valence-electron chi connectivity index (χ2n) is 5.79. The van der Waals surface area contributed by atoms with Gasteiger partial charge in [-0.25, -0.2) is 14.6 Å². The van der Waals surface area contributed by atoms with E-state index in [1.807, 2.05) is 0 Å². The van der Waals surface area contributed by atoms with Crippen LogP contribution < -0.4 is 9.47 Å². The van der Waals surface area contributed by atoms with E-state index in [2.05, 4.69) is 4.99 Å². The van der Waals surface area contributed by atoms with Gasteiger partial charge in [0.15, 0.2) is 23.8 Å². The summed E-state index contributed by atoms with van der Waals surface area (Å²) in [6.45, 7) is 1.65. The van der Waals surface area contributed by atoms with Crippen LogP contribution in [0.25, 0.3) is 6.08 Å². The summed E-state index contributed by atoms with van der Waals surface area (Å²) in [5, 5.41) is 0.417. The number of rotatable bonds is 7. The number of para-hydroxylation sites is 1. The van der Waals surface area contributed by atoms with Gasteiger partial charge in [0.2, 0.25) is 5.90 Å². The smallest absolute Gasteiger partial charge is 0.363 e. The standard InChI is InChI=1S/C21H18ClNO6/c1-3-27-18(24)12-28-19-13(7-6-10-17(19)26-2)11-16-21(25)29-20(23-16)14-8-4-5-9-15(14)22/h4-11H,3,12H2,1-2H3/b16-11+. The van der Waals surface area contributed by atoms with Crippen molar-refractivity contribution < 1.29 is 28.5 Å². The third kappa shape index (κ3) is 4.75. The average molecular weight is 416 g/mol. The van der Waals surface area contributed by atoms with Gasteiger partial charge in [-0.05, 0) is 31.2 Å². The summed E-state index contributed by atoms with van der Waals surface area (Å²) in [5.74, 6) is -0.353. The fraction of sp³-hybridized carbons (Fsp3) is 0.190. The quantitative estimate of drug-likeness (QED) is 0.507. The average Bonchev–Trinajstić information content (AvgIpc) is 3.07. The molecule has 150 valence electrons. The number of cyclic esters (lactones) is 1. The monoisotopic (exact) mass is 415 g/mol. The van der Waals surface area contributed by atoms with Gasteiger partial charge in [-0.2, -0.15) is 0 Å². The Balaban J connectivity index is 1.94. The third-order valence-electron chi connectivity index (χ3n) is 3.89. The Morgan fingerprint density at radius 1 is 1.21 bits per heavy atom. The number of carbonyl (C=O) groups excluding carboxylic acids is 2. The zero-order chi connectivity index (χ0) is 20.8. The van der Waals surface area contributed by atoms with E-state index in [1.54, 1.807) is 49.4 Å². The van der Waals surface area contributed by atoms with E-state index in [0.29, 0.717) is 21.9 Å². The molecule has 0 spiro atoms. The molecule has 0 bridgehead atoms. The molecule has 0 aliphatic carbocycles. The number of esters is 2. The van der Waals surface area contributed by atoms with Crippen LogP contribution in [0.2, 0.25) is 5.02 Å². The highest BCUT2D eigenvalue weighted by molar-refractivity contribution is 6.34. The summed E-state index contributed by atoms with van der Waals surface area (Å²) >= 11 is 6.15. The van der Waals surface area contributed by atoms with Crippen LogP contribution in [0.4, 0.5) is 0 Å². The molecule has 0 radical (unpaired) electrons. The van der Waals surface area contributed by atoms with Crippen molar-refractivity contribution in [3.63, 3.8) is 0 Å². The number of halogens is 1. The first kappa shape index (κ1) is 20.4. The maximum absolute atomic E-state index is 12.3. The summed E-state index contributed by atoms with van der Waals surface area (Å²) in [5.41, 5.74) is 1.06. The van der Waals surface area contributed by atoms with Crippen LogP contribution in [0.1, 0.15) is 18.1 Å². The van der Waals surface area contributed by atoms with Crippen molar-refractivity contribution in [2.45, 2.75) is 6.92 Å². The maximum Gasteiger partial charge on any atom is 0.363 e. The summed E-state index contributed by atoms with van der Waals surface area (Å²) in [7, 11) is 1.47. The highest BCUT2D eigenvalue weighted by atomic mass is 35.5. The molecule has 3 rings (SSSR count). The molecule has 0 saturated carbocycles. The zero-order valence-corrected chi connectivity index (χ0v) is 16.6. The van der Waals surface area contributed by atoms with Gasteiger partial charge >= 0.3 is 11.9 Å². The lowest BCUT2D eigenvalue weighted by atomic mass is 10.1. The number of methoxy groups -OCH3 is 1. The molecule has 0 amide bonds. The minimum atomic E-state index is -0.626. The van der Waals surface area contributed by atoms with Crippen molar-refractivity contribution >= 4 is 35.5 Å². The second-order valence-corrected chi connectivity index (χ2v) is 6.20. The van der Waals surface area contributed by atoms with Gasteiger partial charge in [-0.15, -0.1) is 0 Å². The van der Waals surface area contributed by atoms with E-state index >= 15 is 0 Å². The molecule has 8 heteroatoms. The predicted octanol–water partition coefficient (Wildman–Crippen LogP) is 3.64. The van der Waals surface area contributed by atoms with Gasteiger partial charge < -0.3 is 18.9 Å². The molecule has 0 saturated heterocycles. The zero-order valence-electron chi connectivity index (χ0n) is 15.8. The lowest BCUT2D eigenvalue weighted by Crippen LogP contribution is -2.15. The Morgan fingerprint density at radius 3 is 2.72 bits per heavy atom. The molecule has 0 atom stereocenters. The molecule has 0 N–H and O–H groups in total. The van der Waals surface area contributed by atoms with Crippen molar-refractivity contribution in [1.29, 1.82) is 0 Å². The highest BCUT2D eigenvalue weighted by Crippen LogP contribution is 2.34. The van der Waals surface area contributed by atoms with Crippen molar-refractivity contribution in [1.82, 2.24) is 0 Å². The third-order valence-corrected chi connectivity index (χ3v) is 4.22. The minimum absolute atomic E-state index is 0.0640. The first-order chi connectivity index (χ1) is 14.0. The van der Waals surface area contributed by atoms with Gasteiger partial charge in [-0.1, -0.05) is 35.9 Å². The van der Waals surface area contributed by atoms with Crippen LogP contribution >= 0.6 is 11.6 Å². The van der Waals surface area contributed by atoms with Gasteiger partial charge in [0.05, 0.1) is 24.3 Å². The van der Waals surface area contributed by atoms with E-state index in [4.69, 9.17) is 30.5 Å². The van der Waals surface area contributed by atoms with E-state index in [0.717, 1.165) is 0 Å². The van der Waals surface area contributed by atoms with Gasteiger partial charge in [0.25, 0.3) is 0 Å². The van der Waals surface area contributed by atoms with Crippen LogP contribution in [0.15, 0.2) is 53.2 Å². The number of aliphatic imine (C=N–C) groups is 1. The topological polar surface area (TPSA) is 83.4 Å². The molecule has 0 unspecified atom stereocenters. The van der Waals surface area contributed by atoms with Crippen molar-refractivity contribution in [3.05, 3.63) is 64.3 Å². The lowest BCUT2D eigenvalue weighted by molar-refractivity contribution is -0.145. The number of hydrogen-bond donors (Lipinski definition) is 0. The molecule has 29 heavy (non-hydrogen) atoms. The summed E-state index contributed by atoms with van der Waals surface area (Å²) in [4.78, 5) is 28.2. The number of ether oxygens (including phenoxy) is 4. The molecule has 2 aromatic rings. The molecular weight excluding hydrogens is 398 g/mol. The number of benzene rings is 2. The molecule has 1 heterocycles. The molecule has 1 aliphatic rings. The summed E-state index contributed by atoms with van der Waals surface area (Å²) in [6.07, 6.45) is 1.50. The van der Waals surface area contributed by atoms with Crippen molar-refractivity contribution in [2.24, 2.45) is 4.99 Å². The van der Waals surface area contributed by atoms with Gasteiger partial charge in [-0.3, -0.25) is 0 Å². The largest absolute Gasteiger partial charge is 0.493 e. The van der Waals surface area contributed by atoms with Crippen LogP contribution in [0.3, 0.4) is 0 Å². The maximum atomic E-state index is 12.3. The second kappa shape index (κ2) is 9.25. The van der Waals surface area contributed by atoms with E-state index in [9.17, 15) is 9.59 Å². The molecule has 2 aromatic carbocycles. The van der Waals surface area contributed by atoms with E-state index < -0.39 is 11.9 Å². The fourth-order valence-corrected chi connectivity index (χ4v) is 2.82. The summed E-state index contributed by atoms with van der Waals surface area (Å²) in [6, 6.07) is 12.0. The van der Waals surface area contributed by atoms with Gasteiger partial charge in [0.1, 0.15) is 0 Å². The van der Waals surface area contributed by atoms with E-state index in [-0.39, 0.29) is 30.6 Å². The number of nitrogens with zero attached hydrogens (tertiary/aromatic N) is 1. The SMILES string of the molecule is CCOC(=O)COc1c(/C=C2/N=C(c3ccccc3Cl)OC2=O)cccc1OC. The predicted molar refractivity (Wildman–Crippen MR) is 107 cm³/mol. The Kier molecular flexibility index (Phi) is 6.51. The van der Waals surface area contributed by atoms with Crippen molar-refractivity contribution in [2.75, 3.05) is 20.3 Å². The first-order valence-electron chi connectivity index (χ1n) is 8.76. The molecule has 1 aliphatic heterocycles. The van der Waals surface area contributed by atoms with Crippen molar-refractivity contribution in [3.8, 4) is 11.5 Å². The Hall–Kier alpha value is -3.32. The van der Waals surface area contributed by atoms with Crippen LogP contribution in [0.5, 0.6) is 11.5 Å². The molecule has 7 nitrogen and oxygen atoms in total. The Bertz CT molecular complexity index is 998. The normalized spacial score (nSPS) is 14.4. The fourth-order valence-electron chi connectivity index (χ4n) is 2.60. The summed E-state index contributed by atoms with van der Waals surface area (Å²) < 4.78 is 21.0.